The Morgan fingerprint density at radius 1 is 1.29 bits per heavy atom. The highest BCUT2D eigenvalue weighted by Crippen LogP contribution is 2.17. The van der Waals surface area contributed by atoms with Crippen LogP contribution < -0.4 is 0 Å². The summed E-state index contributed by atoms with van der Waals surface area (Å²) >= 11 is 6.44. The van der Waals surface area contributed by atoms with Gasteiger partial charge in [0.25, 0.3) is 0 Å². The number of pyridine rings is 2. The fourth-order valence-electron chi connectivity index (χ4n) is 1.28. The number of hydrogen-bond donors (Lipinski definition) is 1. The number of carbonyl (C=O) groups is 1. The van der Waals surface area contributed by atoms with Crippen molar-refractivity contribution in [3.05, 3.63) is 52.4 Å². The van der Waals surface area contributed by atoms with Crippen LogP contribution in [-0.4, -0.2) is 22.0 Å². The van der Waals surface area contributed by atoms with Gasteiger partial charge in [-0.25, -0.2) is 4.98 Å². The first kappa shape index (κ1) is 17.6. The number of nitrogens with zero attached hydrogens (tertiary/aromatic N) is 1. The van der Waals surface area contributed by atoms with Crippen molar-refractivity contribution in [1.82, 2.24) is 9.97 Å². The molecule has 2 heterocycles. The van der Waals surface area contributed by atoms with E-state index < -0.39 is 0 Å². The molecule has 0 aliphatic rings. The first-order chi connectivity index (χ1) is 10.0. The Kier molecular flexibility index (Phi) is 7.93. The van der Waals surface area contributed by atoms with Gasteiger partial charge in [0.15, 0.2) is 0 Å². The van der Waals surface area contributed by atoms with E-state index in [1.807, 2.05) is 57.4 Å². The summed E-state index contributed by atoms with van der Waals surface area (Å²) in [6.45, 7) is 5.94. The number of aromatic amines is 1. The topological polar surface area (TPSA) is 45.8 Å². The number of H-pyrrole nitrogens is 1. The molecule has 1 atom stereocenters. The lowest BCUT2D eigenvalue weighted by Gasteiger charge is -2.02. The third kappa shape index (κ3) is 7.78. The van der Waals surface area contributed by atoms with Crippen LogP contribution in [0.5, 0.6) is 0 Å². The molecule has 0 aliphatic carbocycles. The molecule has 2 aromatic heterocycles. The molecule has 1 unspecified atom stereocenters. The number of hydrogen-bond acceptors (Lipinski definition) is 4. The standard InChI is InChI=1S/C10H13NOS.C6H7NS/c1-8-3-4-10(11-5-8)13-7-9(2)6-12;1-5-2-3-6(8)7-4-5/h3-6,9H,7H2,1-2H3;2-4H,1H3,(H,7,8). The van der Waals surface area contributed by atoms with Crippen LogP contribution in [0.1, 0.15) is 18.1 Å². The van der Waals surface area contributed by atoms with Crippen LogP contribution in [0.15, 0.2) is 41.7 Å². The summed E-state index contributed by atoms with van der Waals surface area (Å²) in [6.07, 6.45) is 4.71. The van der Waals surface area contributed by atoms with Gasteiger partial charge in [-0.05, 0) is 37.1 Å². The Bertz CT molecular complexity index is 588. The summed E-state index contributed by atoms with van der Waals surface area (Å²) in [7, 11) is 0. The molecular weight excluding hydrogens is 300 g/mol. The summed E-state index contributed by atoms with van der Waals surface area (Å²) in [4.78, 5) is 17.5. The van der Waals surface area contributed by atoms with E-state index in [-0.39, 0.29) is 5.92 Å². The van der Waals surface area contributed by atoms with E-state index >= 15 is 0 Å². The molecule has 0 aliphatic heterocycles. The molecule has 3 nitrogen and oxygen atoms in total. The van der Waals surface area contributed by atoms with Crippen molar-refractivity contribution in [3.63, 3.8) is 0 Å². The molecule has 0 saturated heterocycles. The maximum atomic E-state index is 10.3. The molecule has 5 heteroatoms. The maximum absolute atomic E-state index is 10.3. The number of aldehydes is 1. The monoisotopic (exact) mass is 320 g/mol. The molecular formula is C16H20N2OS2. The second kappa shape index (κ2) is 9.47. The van der Waals surface area contributed by atoms with Crippen LogP contribution in [0.25, 0.3) is 0 Å². The number of aryl methyl sites for hydroxylation is 2. The van der Waals surface area contributed by atoms with E-state index in [1.165, 1.54) is 5.56 Å². The summed E-state index contributed by atoms with van der Waals surface area (Å²) in [5.74, 6) is 0.910. The van der Waals surface area contributed by atoms with Crippen molar-refractivity contribution < 1.29 is 4.79 Å². The van der Waals surface area contributed by atoms with E-state index in [4.69, 9.17) is 12.2 Å². The van der Waals surface area contributed by atoms with Crippen LogP contribution in [0.3, 0.4) is 0 Å². The van der Waals surface area contributed by atoms with Crippen LogP contribution >= 0.6 is 24.0 Å². The minimum Gasteiger partial charge on any atom is -0.353 e. The zero-order valence-corrected chi connectivity index (χ0v) is 14.1. The zero-order chi connectivity index (χ0) is 15.7. The average Bonchev–Trinajstić information content (AvgIpc) is 2.50. The Morgan fingerprint density at radius 3 is 2.48 bits per heavy atom. The largest absolute Gasteiger partial charge is 0.353 e. The first-order valence-corrected chi connectivity index (χ1v) is 8.06. The van der Waals surface area contributed by atoms with Gasteiger partial charge in [-0.2, -0.15) is 0 Å². The van der Waals surface area contributed by atoms with Crippen LogP contribution in [-0.2, 0) is 4.79 Å². The highest BCUT2D eigenvalue weighted by atomic mass is 32.2. The van der Waals surface area contributed by atoms with Gasteiger partial charge in [0.05, 0.1) is 5.03 Å². The van der Waals surface area contributed by atoms with Crippen LogP contribution in [0.4, 0.5) is 0 Å². The number of nitrogens with one attached hydrogen (secondary N) is 1. The normalized spacial score (nSPS) is 11.2. The van der Waals surface area contributed by atoms with E-state index in [9.17, 15) is 4.79 Å². The lowest BCUT2D eigenvalue weighted by molar-refractivity contribution is -0.110. The lowest BCUT2D eigenvalue weighted by atomic mass is 10.3. The molecule has 112 valence electrons. The predicted molar refractivity (Wildman–Crippen MR) is 91.3 cm³/mol. The van der Waals surface area contributed by atoms with Gasteiger partial charge in [-0.15, -0.1) is 11.8 Å². The molecule has 2 rings (SSSR count). The van der Waals surface area contributed by atoms with Crippen LogP contribution in [0, 0.1) is 24.4 Å². The average molecular weight is 320 g/mol. The molecule has 0 aromatic carbocycles. The smallest absolute Gasteiger partial charge is 0.123 e. The molecule has 21 heavy (non-hydrogen) atoms. The van der Waals surface area contributed by atoms with Gasteiger partial charge >= 0.3 is 0 Å². The summed E-state index contributed by atoms with van der Waals surface area (Å²) in [5, 5.41) is 0.985. The highest BCUT2D eigenvalue weighted by molar-refractivity contribution is 7.99. The van der Waals surface area contributed by atoms with E-state index in [2.05, 4.69) is 9.97 Å². The summed E-state index contributed by atoms with van der Waals surface area (Å²) in [6, 6.07) is 7.88. The third-order valence-electron chi connectivity index (χ3n) is 2.55. The fraction of sp³-hybridized carbons (Fsp3) is 0.312. The Balaban J connectivity index is 0.000000235. The quantitative estimate of drug-likeness (QED) is 0.516. The van der Waals surface area contributed by atoms with Crippen molar-refractivity contribution in [2.45, 2.75) is 25.8 Å². The number of aromatic nitrogens is 2. The molecule has 2 aromatic rings. The Morgan fingerprint density at radius 2 is 2.00 bits per heavy atom. The minimum atomic E-state index is 0.105. The van der Waals surface area contributed by atoms with Gasteiger partial charge in [0.2, 0.25) is 0 Å². The molecule has 0 fully saturated rings. The van der Waals surface area contributed by atoms with Gasteiger partial charge in [-0.1, -0.05) is 31.3 Å². The lowest BCUT2D eigenvalue weighted by Crippen LogP contribution is -1.98. The fourth-order valence-corrected chi connectivity index (χ4v) is 2.21. The first-order valence-electron chi connectivity index (χ1n) is 6.67. The Hall–Kier alpha value is -1.46. The summed E-state index contributed by atoms with van der Waals surface area (Å²) < 4.78 is 0.788. The SMILES string of the molecule is Cc1ccc(=S)[nH]c1.Cc1ccc(SCC(C)C=O)nc1. The van der Waals surface area contributed by atoms with Crippen molar-refractivity contribution >= 4 is 30.3 Å². The predicted octanol–water partition coefficient (Wildman–Crippen LogP) is 4.37. The van der Waals surface area contributed by atoms with E-state index in [1.54, 1.807) is 11.8 Å². The molecule has 0 amide bonds. The molecule has 0 saturated carbocycles. The molecule has 0 spiro atoms. The van der Waals surface area contributed by atoms with Crippen LogP contribution in [0.2, 0.25) is 0 Å². The third-order valence-corrected chi connectivity index (χ3v) is 4.03. The number of thioether (sulfide) groups is 1. The van der Waals surface area contributed by atoms with E-state index in [0.29, 0.717) is 0 Å². The van der Waals surface area contributed by atoms with Gasteiger partial charge in [0, 0.05) is 24.1 Å². The molecule has 0 radical (unpaired) electrons. The highest BCUT2D eigenvalue weighted by Gasteiger charge is 2.01. The molecule has 1 N–H and O–H groups in total. The van der Waals surface area contributed by atoms with Gasteiger partial charge < -0.3 is 9.78 Å². The van der Waals surface area contributed by atoms with Gasteiger partial charge in [0.1, 0.15) is 10.9 Å². The molecule has 0 bridgehead atoms. The number of carbonyl (C=O) groups excluding carboxylic acids is 1. The second-order valence-corrected chi connectivity index (χ2v) is 6.31. The minimum absolute atomic E-state index is 0.105. The summed E-state index contributed by atoms with van der Waals surface area (Å²) in [5.41, 5.74) is 2.37. The second-order valence-electron chi connectivity index (χ2n) is 4.83. The zero-order valence-electron chi connectivity index (χ0n) is 12.5. The van der Waals surface area contributed by atoms with Crippen molar-refractivity contribution in [2.75, 3.05) is 5.75 Å². The Labute approximate surface area is 135 Å². The van der Waals surface area contributed by atoms with Gasteiger partial charge in [-0.3, -0.25) is 0 Å². The van der Waals surface area contributed by atoms with E-state index in [0.717, 1.165) is 27.3 Å². The van der Waals surface area contributed by atoms with Crippen molar-refractivity contribution in [3.8, 4) is 0 Å². The number of rotatable bonds is 4. The van der Waals surface area contributed by atoms with Crippen molar-refractivity contribution in [2.24, 2.45) is 5.92 Å². The van der Waals surface area contributed by atoms with Crippen molar-refractivity contribution in [1.29, 1.82) is 0 Å². The maximum Gasteiger partial charge on any atom is 0.123 e.